The molecule has 0 amide bonds. The second-order valence-electron chi connectivity index (χ2n) is 6.18. The molecule has 0 aromatic carbocycles. The van der Waals surface area contributed by atoms with Crippen LogP contribution in [0.5, 0.6) is 0 Å². The fourth-order valence-corrected chi connectivity index (χ4v) is 3.31. The van der Waals surface area contributed by atoms with Crippen molar-refractivity contribution in [2.45, 2.75) is 25.9 Å². The van der Waals surface area contributed by atoms with Crippen LogP contribution in [0.25, 0.3) is 5.65 Å². The number of nitrogens with zero attached hydrogens (tertiary/aromatic N) is 5. The monoisotopic (exact) mass is 295 g/mol. The van der Waals surface area contributed by atoms with Crippen molar-refractivity contribution >= 4 is 5.65 Å². The molecule has 3 aromatic heterocycles. The highest BCUT2D eigenvalue weighted by molar-refractivity contribution is 5.39. The molecule has 0 saturated carbocycles. The predicted molar refractivity (Wildman–Crippen MR) is 85.4 cm³/mol. The van der Waals surface area contributed by atoms with Crippen LogP contribution in [0.1, 0.15) is 18.5 Å². The van der Waals surface area contributed by atoms with Gasteiger partial charge in [0.05, 0.1) is 12.0 Å². The number of rotatable bonds is 4. The normalized spacial score (nSPS) is 17.3. The van der Waals surface area contributed by atoms with E-state index in [4.69, 9.17) is 4.98 Å². The van der Waals surface area contributed by atoms with Gasteiger partial charge in [-0.05, 0) is 44.0 Å². The van der Waals surface area contributed by atoms with Crippen LogP contribution in [0.15, 0.2) is 49.3 Å². The van der Waals surface area contributed by atoms with Crippen molar-refractivity contribution in [1.29, 1.82) is 0 Å². The van der Waals surface area contributed by atoms with E-state index in [2.05, 4.69) is 43.5 Å². The Labute approximate surface area is 130 Å². The van der Waals surface area contributed by atoms with Gasteiger partial charge in [0.15, 0.2) is 0 Å². The van der Waals surface area contributed by atoms with Gasteiger partial charge in [0.1, 0.15) is 5.65 Å². The summed E-state index contributed by atoms with van der Waals surface area (Å²) in [6.07, 6.45) is 12.6. The maximum absolute atomic E-state index is 4.70. The maximum atomic E-state index is 4.70. The topological polar surface area (TPSA) is 38.4 Å². The van der Waals surface area contributed by atoms with E-state index in [0.717, 1.165) is 37.7 Å². The lowest BCUT2D eigenvalue weighted by atomic mass is 9.96. The smallest absolute Gasteiger partial charge is 0.137 e. The largest absolute Gasteiger partial charge is 0.337 e. The lowest BCUT2D eigenvalue weighted by Crippen LogP contribution is -2.34. The number of imidazole rings is 2. The summed E-state index contributed by atoms with van der Waals surface area (Å²) >= 11 is 0. The van der Waals surface area contributed by atoms with Gasteiger partial charge in [-0.3, -0.25) is 4.90 Å². The van der Waals surface area contributed by atoms with Crippen molar-refractivity contribution in [2.24, 2.45) is 5.92 Å². The predicted octanol–water partition coefficient (Wildman–Crippen LogP) is 2.44. The molecule has 5 nitrogen and oxygen atoms in total. The zero-order valence-corrected chi connectivity index (χ0v) is 12.7. The lowest BCUT2D eigenvalue weighted by molar-refractivity contribution is 0.166. The number of hydrogen-bond acceptors (Lipinski definition) is 3. The Bertz CT molecular complexity index is 689. The molecule has 4 rings (SSSR count). The zero-order chi connectivity index (χ0) is 14.8. The number of fused-ring (bicyclic) bond motifs is 1. The van der Waals surface area contributed by atoms with E-state index in [9.17, 15) is 0 Å². The molecule has 0 aliphatic carbocycles. The zero-order valence-electron chi connectivity index (χ0n) is 12.7. The molecule has 0 bridgehead atoms. The molecule has 0 N–H and O–H groups in total. The quantitative estimate of drug-likeness (QED) is 0.742. The summed E-state index contributed by atoms with van der Waals surface area (Å²) in [6.45, 7) is 4.38. The summed E-state index contributed by atoms with van der Waals surface area (Å²) in [7, 11) is 0. The molecular formula is C17H21N5. The minimum atomic E-state index is 0.770. The molecule has 1 aliphatic heterocycles. The van der Waals surface area contributed by atoms with Gasteiger partial charge in [0.2, 0.25) is 0 Å². The van der Waals surface area contributed by atoms with Gasteiger partial charge in [0.25, 0.3) is 0 Å². The molecule has 1 aliphatic rings. The van der Waals surface area contributed by atoms with E-state index < -0.39 is 0 Å². The van der Waals surface area contributed by atoms with Gasteiger partial charge < -0.3 is 8.97 Å². The van der Waals surface area contributed by atoms with Crippen molar-refractivity contribution in [1.82, 2.24) is 23.8 Å². The van der Waals surface area contributed by atoms with E-state index in [-0.39, 0.29) is 0 Å². The highest BCUT2D eigenvalue weighted by Gasteiger charge is 2.20. The SMILES string of the molecule is c1ccn2cc(CN3CCC(Cn4ccnc4)CC3)nc2c1. The first-order valence-corrected chi connectivity index (χ1v) is 7.97. The van der Waals surface area contributed by atoms with Crippen LogP contribution in [0.3, 0.4) is 0 Å². The van der Waals surface area contributed by atoms with Crippen LogP contribution in [-0.2, 0) is 13.1 Å². The van der Waals surface area contributed by atoms with Crippen molar-refractivity contribution in [3.63, 3.8) is 0 Å². The highest BCUT2D eigenvalue weighted by Crippen LogP contribution is 2.20. The molecular weight excluding hydrogens is 274 g/mol. The summed E-state index contributed by atoms with van der Waals surface area (Å²) < 4.78 is 4.30. The van der Waals surface area contributed by atoms with Gasteiger partial charge in [-0.1, -0.05) is 6.07 Å². The van der Waals surface area contributed by atoms with Crippen LogP contribution in [0, 0.1) is 5.92 Å². The van der Waals surface area contributed by atoms with E-state index >= 15 is 0 Å². The Morgan fingerprint density at radius 1 is 1.14 bits per heavy atom. The van der Waals surface area contributed by atoms with Crippen molar-refractivity contribution in [2.75, 3.05) is 13.1 Å². The molecule has 5 heteroatoms. The van der Waals surface area contributed by atoms with E-state index in [0.29, 0.717) is 0 Å². The average molecular weight is 295 g/mol. The first kappa shape index (κ1) is 13.5. The van der Waals surface area contributed by atoms with Crippen LogP contribution < -0.4 is 0 Å². The second-order valence-corrected chi connectivity index (χ2v) is 6.18. The van der Waals surface area contributed by atoms with Crippen molar-refractivity contribution < 1.29 is 0 Å². The third-order valence-corrected chi connectivity index (χ3v) is 4.53. The third-order valence-electron chi connectivity index (χ3n) is 4.53. The average Bonchev–Trinajstić information content (AvgIpc) is 3.18. The number of pyridine rings is 1. The molecule has 22 heavy (non-hydrogen) atoms. The Kier molecular flexibility index (Phi) is 3.64. The van der Waals surface area contributed by atoms with Crippen LogP contribution in [0.4, 0.5) is 0 Å². The maximum Gasteiger partial charge on any atom is 0.137 e. The summed E-state index contributed by atoms with van der Waals surface area (Å²) in [5.74, 6) is 0.770. The van der Waals surface area contributed by atoms with Crippen LogP contribution in [0.2, 0.25) is 0 Å². The standard InChI is InChI=1S/C17H21N5/c1-2-7-22-13-16(19-17(22)3-1)12-20-8-4-15(5-9-20)11-21-10-6-18-14-21/h1-3,6-7,10,13-15H,4-5,8-9,11-12H2. The summed E-state index contributed by atoms with van der Waals surface area (Å²) in [6, 6.07) is 6.13. The van der Waals surface area contributed by atoms with Gasteiger partial charge in [-0.15, -0.1) is 0 Å². The van der Waals surface area contributed by atoms with E-state index in [1.54, 1.807) is 0 Å². The first-order valence-electron chi connectivity index (χ1n) is 7.97. The molecule has 3 aromatic rings. The summed E-state index contributed by atoms with van der Waals surface area (Å²) in [5, 5.41) is 0. The molecule has 4 heterocycles. The molecule has 0 atom stereocenters. The Morgan fingerprint density at radius 2 is 2.05 bits per heavy atom. The fourth-order valence-electron chi connectivity index (χ4n) is 3.31. The van der Waals surface area contributed by atoms with Gasteiger partial charge in [-0.2, -0.15) is 0 Å². The molecule has 1 saturated heterocycles. The van der Waals surface area contributed by atoms with Gasteiger partial charge in [-0.25, -0.2) is 9.97 Å². The van der Waals surface area contributed by atoms with Crippen molar-refractivity contribution in [3.05, 3.63) is 55.0 Å². The minimum Gasteiger partial charge on any atom is -0.337 e. The molecule has 0 radical (unpaired) electrons. The highest BCUT2D eigenvalue weighted by atomic mass is 15.1. The third kappa shape index (κ3) is 2.90. The molecule has 0 spiro atoms. The molecule has 1 fully saturated rings. The summed E-state index contributed by atoms with van der Waals surface area (Å²) in [4.78, 5) is 11.3. The lowest BCUT2D eigenvalue weighted by Gasteiger charge is -2.31. The molecule has 0 unspecified atom stereocenters. The second kappa shape index (κ2) is 5.93. The van der Waals surface area contributed by atoms with Crippen LogP contribution >= 0.6 is 0 Å². The Hall–Kier alpha value is -2.14. The summed E-state index contributed by atoms with van der Waals surface area (Å²) in [5.41, 5.74) is 2.20. The number of hydrogen-bond donors (Lipinski definition) is 0. The van der Waals surface area contributed by atoms with Gasteiger partial charge in [0, 0.05) is 37.9 Å². The minimum absolute atomic E-state index is 0.770. The number of likely N-dealkylation sites (tertiary alicyclic amines) is 1. The number of aromatic nitrogens is 4. The number of piperidine rings is 1. The Morgan fingerprint density at radius 3 is 2.82 bits per heavy atom. The first-order chi connectivity index (χ1) is 10.9. The van der Waals surface area contributed by atoms with Crippen LogP contribution in [-0.4, -0.2) is 36.9 Å². The Balaban J connectivity index is 1.33. The molecule has 114 valence electrons. The fraction of sp³-hybridized carbons (Fsp3) is 0.412. The van der Waals surface area contributed by atoms with E-state index in [1.165, 1.54) is 18.5 Å². The van der Waals surface area contributed by atoms with Gasteiger partial charge >= 0.3 is 0 Å². The van der Waals surface area contributed by atoms with E-state index in [1.807, 2.05) is 24.7 Å². The van der Waals surface area contributed by atoms with Crippen molar-refractivity contribution in [3.8, 4) is 0 Å².